The molecule has 0 aliphatic heterocycles. The molecule has 0 saturated carbocycles. The van der Waals surface area contributed by atoms with Gasteiger partial charge in [-0.15, -0.1) is 0 Å². The molecular formula is C28H49NO5. The summed E-state index contributed by atoms with van der Waals surface area (Å²) in [6.45, 7) is 7.06. The molecule has 6 nitrogen and oxygen atoms in total. The lowest BCUT2D eigenvalue weighted by Gasteiger charge is -2.29. The van der Waals surface area contributed by atoms with Gasteiger partial charge in [-0.25, -0.2) is 0 Å². The number of esters is 1. The largest absolute Gasteiger partial charge is 0.550 e. The van der Waals surface area contributed by atoms with E-state index in [0.717, 1.165) is 57.1 Å². The second-order valence-corrected chi connectivity index (χ2v) is 10.8. The molecule has 0 amide bonds. The van der Waals surface area contributed by atoms with Crippen LogP contribution >= 0.6 is 0 Å². The number of hydrogen-bond acceptors (Lipinski definition) is 5. The van der Waals surface area contributed by atoms with Crippen molar-refractivity contribution in [1.29, 1.82) is 0 Å². The average Bonchev–Trinajstić information content (AvgIpc) is 2.99. The highest BCUT2D eigenvalue weighted by molar-refractivity contribution is 5.70. The zero-order chi connectivity index (χ0) is 25.6. The van der Waals surface area contributed by atoms with Crippen LogP contribution in [0.3, 0.4) is 0 Å². The second kappa shape index (κ2) is 16.0. The fourth-order valence-electron chi connectivity index (χ4n) is 4.36. The Morgan fingerprint density at radius 3 is 1.85 bits per heavy atom. The fourth-order valence-corrected chi connectivity index (χ4v) is 4.36. The summed E-state index contributed by atoms with van der Waals surface area (Å²) in [6, 6.07) is 0. The van der Waals surface area contributed by atoms with Crippen molar-refractivity contribution in [2.45, 2.75) is 117 Å². The molecule has 0 aliphatic carbocycles. The van der Waals surface area contributed by atoms with E-state index < -0.39 is 12.1 Å². The molecule has 0 N–H and O–H groups in total. The number of carbonyl (C=O) groups excluding carboxylic acids is 2. The minimum absolute atomic E-state index is 0.254. The molecule has 1 aromatic rings. The number of hydrogen-bond donors (Lipinski definition) is 0. The van der Waals surface area contributed by atoms with Crippen LogP contribution in [0, 0.1) is 13.8 Å². The van der Waals surface area contributed by atoms with Crippen molar-refractivity contribution in [3.05, 3.63) is 22.6 Å². The maximum absolute atomic E-state index is 12.1. The Hall–Kier alpha value is -1.82. The molecule has 1 rings (SSSR count). The van der Waals surface area contributed by atoms with E-state index >= 15 is 0 Å². The topological polar surface area (TPSA) is 79.6 Å². The molecule has 0 bridgehead atoms. The normalized spacial score (nSPS) is 12.6. The van der Waals surface area contributed by atoms with Crippen molar-refractivity contribution in [1.82, 2.24) is 0 Å². The SMILES string of the molecule is CCCCCCc1oc(CCCCCCCCC(=O)OC(CC(=O)[O-])C[N+](C)(C)C)c(C)c1C. The summed E-state index contributed by atoms with van der Waals surface area (Å²) in [5.74, 6) is 0.840. The zero-order valence-electron chi connectivity index (χ0n) is 22.7. The van der Waals surface area contributed by atoms with Crippen LogP contribution in [0.4, 0.5) is 0 Å². The van der Waals surface area contributed by atoms with Gasteiger partial charge in [0.25, 0.3) is 0 Å². The van der Waals surface area contributed by atoms with Gasteiger partial charge in [-0.2, -0.15) is 0 Å². The van der Waals surface area contributed by atoms with Crippen LogP contribution in [0.25, 0.3) is 0 Å². The number of carboxylic acid groups (broad SMARTS) is 1. The van der Waals surface area contributed by atoms with E-state index in [1.54, 1.807) is 0 Å². The van der Waals surface area contributed by atoms with Crippen molar-refractivity contribution < 1.29 is 28.3 Å². The summed E-state index contributed by atoms with van der Waals surface area (Å²) in [7, 11) is 5.83. The predicted molar refractivity (Wildman–Crippen MR) is 134 cm³/mol. The van der Waals surface area contributed by atoms with Crippen LogP contribution in [-0.2, 0) is 27.2 Å². The first-order chi connectivity index (χ1) is 16.0. The van der Waals surface area contributed by atoms with Crippen LogP contribution < -0.4 is 5.11 Å². The number of quaternary nitrogens is 1. The first-order valence-electron chi connectivity index (χ1n) is 13.3. The maximum Gasteiger partial charge on any atom is 0.306 e. The van der Waals surface area contributed by atoms with Gasteiger partial charge in [0.05, 0.1) is 21.1 Å². The Balaban J connectivity index is 2.21. The summed E-state index contributed by atoms with van der Waals surface area (Å²) in [4.78, 5) is 23.1. The molecule has 0 aromatic carbocycles. The number of carboxylic acids is 1. The molecular weight excluding hydrogens is 430 g/mol. The summed E-state index contributed by atoms with van der Waals surface area (Å²) in [5, 5.41) is 10.9. The van der Waals surface area contributed by atoms with Gasteiger partial charge in [-0.3, -0.25) is 4.79 Å². The van der Waals surface area contributed by atoms with Crippen molar-refractivity contribution in [2.75, 3.05) is 27.7 Å². The molecule has 0 fully saturated rings. The third-order valence-electron chi connectivity index (χ3n) is 6.38. The number of aryl methyl sites for hydroxylation is 2. The second-order valence-electron chi connectivity index (χ2n) is 10.8. The van der Waals surface area contributed by atoms with Crippen molar-refractivity contribution in [2.24, 2.45) is 0 Å². The molecule has 196 valence electrons. The summed E-state index contributed by atoms with van der Waals surface area (Å²) in [6.07, 6.45) is 12.8. The van der Waals surface area contributed by atoms with Crippen molar-refractivity contribution in [3.8, 4) is 0 Å². The highest BCUT2D eigenvalue weighted by Crippen LogP contribution is 2.25. The van der Waals surface area contributed by atoms with Gasteiger partial charge in [-0.05, 0) is 44.2 Å². The summed E-state index contributed by atoms with van der Waals surface area (Å²) < 4.78 is 12.1. The molecule has 0 radical (unpaired) electrons. The Bertz CT molecular complexity index is 732. The minimum atomic E-state index is -1.19. The molecule has 1 heterocycles. The lowest BCUT2D eigenvalue weighted by Crippen LogP contribution is -2.45. The van der Waals surface area contributed by atoms with E-state index in [1.807, 2.05) is 21.1 Å². The van der Waals surface area contributed by atoms with Gasteiger partial charge in [0.15, 0.2) is 6.10 Å². The number of carbonyl (C=O) groups is 2. The standard InChI is InChI=1S/C28H49NO5/c1-7-8-9-14-17-25-22(2)23(3)26(34-25)18-15-12-10-11-13-16-19-28(32)33-24(20-27(30)31)21-29(4,5)6/h24H,7-21H2,1-6H3. The number of nitrogens with zero attached hydrogens (tertiary/aromatic N) is 1. The predicted octanol–water partition coefficient (Wildman–Crippen LogP) is 5.05. The van der Waals surface area contributed by atoms with Gasteiger partial charge >= 0.3 is 5.97 Å². The van der Waals surface area contributed by atoms with E-state index in [-0.39, 0.29) is 12.4 Å². The molecule has 34 heavy (non-hydrogen) atoms. The Kier molecular flexibility index (Phi) is 14.2. The lowest BCUT2D eigenvalue weighted by molar-refractivity contribution is -0.873. The third-order valence-corrected chi connectivity index (χ3v) is 6.38. The number of unbranched alkanes of at least 4 members (excludes halogenated alkanes) is 8. The zero-order valence-corrected chi connectivity index (χ0v) is 22.7. The highest BCUT2D eigenvalue weighted by Gasteiger charge is 2.22. The van der Waals surface area contributed by atoms with E-state index in [4.69, 9.17) is 9.15 Å². The van der Waals surface area contributed by atoms with Crippen molar-refractivity contribution in [3.63, 3.8) is 0 Å². The van der Waals surface area contributed by atoms with Gasteiger partial charge in [0.2, 0.25) is 0 Å². The maximum atomic E-state index is 12.1. The molecule has 1 unspecified atom stereocenters. The van der Waals surface area contributed by atoms with Gasteiger partial charge in [-0.1, -0.05) is 51.9 Å². The van der Waals surface area contributed by atoms with Gasteiger partial charge < -0.3 is 23.5 Å². The summed E-state index contributed by atoms with van der Waals surface area (Å²) in [5.41, 5.74) is 2.66. The van der Waals surface area contributed by atoms with Gasteiger partial charge in [0, 0.05) is 31.7 Å². The highest BCUT2D eigenvalue weighted by atomic mass is 16.5. The van der Waals surface area contributed by atoms with Gasteiger partial charge in [0.1, 0.15) is 18.1 Å². The lowest BCUT2D eigenvalue weighted by atomic mass is 10.0. The first-order valence-corrected chi connectivity index (χ1v) is 13.3. The Morgan fingerprint density at radius 2 is 1.35 bits per heavy atom. The third kappa shape index (κ3) is 13.2. The van der Waals surface area contributed by atoms with E-state index in [1.165, 1.54) is 42.6 Å². The Morgan fingerprint density at radius 1 is 0.853 bits per heavy atom. The van der Waals surface area contributed by atoms with E-state index in [0.29, 0.717) is 17.4 Å². The summed E-state index contributed by atoms with van der Waals surface area (Å²) >= 11 is 0. The molecule has 1 atom stereocenters. The smallest absolute Gasteiger partial charge is 0.306 e. The number of aliphatic carboxylic acids is 1. The molecule has 6 heteroatoms. The fraction of sp³-hybridized carbons (Fsp3) is 0.786. The van der Waals surface area contributed by atoms with Crippen LogP contribution in [0.2, 0.25) is 0 Å². The van der Waals surface area contributed by atoms with E-state index in [2.05, 4.69) is 20.8 Å². The number of rotatable bonds is 19. The minimum Gasteiger partial charge on any atom is -0.550 e. The van der Waals surface area contributed by atoms with Crippen LogP contribution in [0.1, 0.15) is 107 Å². The molecule has 0 saturated heterocycles. The Labute approximate surface area is 207 Å². The average molecular weight is 480 g/mol. The van der Waals surface area contributed by atoms with Crippen LogP contribution in [-0.4, -0.2) is 50.2 Å². The number of likely N-dealkylation sites (N-methyl/N-ethyl adjacent to an activating group) is 1. The number of furan rings is 1. The number of ether oxygens (including phenoxy) is 1. The molecule has 0 aliphatic rings. The quantitative estimate of drug-likeness (QED) is 0.158. The monoisotopic (exact) mass is 479 g/mol. The van der Waals surface area contributed by atoms with E-state index in [9.17, 15) is 14.7 Å². The van der Waals surface area contributed by atoms with Crippen LogP contribution in [0.5, 0.6) is 0 Å². The van der Waals surface area contributed by atoms with Crippen molar-refractivity contribution >= 4 is 11.9 Å². The molecule has 0 spiro atoms. The molecule has 1 aromatic heterocycles. The van der Waals surface area contributed by atoms with Crippen LogP contribution in [0.15, 0.2) is 4.42 Å². The first kappa shape index (κ1) is 30.2.